The second kappa shape index (κ2) is 4.77. The SMILES string of the molecule is C=CC(CCO)OO. The second-order valence-corrected chi connectivity index (χ2v) is 1.39. The highest BCUT2D eigenvalue weighted by Gasteiger charge is 1.99. The third kappa shape index (κ3) is 2.74. The average molecular weight is 118 g/mol. The Morgan fingerprint density at radius 1 is 1.75 bits per heavy atom. The van der Waals surface area contributed by atoms with Gasteiger partial charge >= 0.3 is 0 Å². The number of aliphatic hydroxyl groups is 1. The maximum Gasteiger partial charge on any atom is 0.113 e. The van der Waals surface area contributed by atoms with E-state index in [1.807, 2.05) is 0 Å². The van der Waals surface area contributed by atoms with Crippen LogP contribution in [0.4, 0.5) is 0 Å². The third-order valence-electron chi connectivity index (χ3n) is 0.812. The van der Waals surface area contributed by atoms with Crippen molar-refractivity contribution in [1.82, 2.24) is 0 Å². The topological polar surface area (TPSA) is 49.7 Å². The second-order valence-electron chi connectivity index (χ2n) is 1.39. The van der Waals surface area contributed by atoms with E-state index in [-0.39, 0.29) is 6.61 Å². The number of hydrogen-bond donors (Lipinski definition) is 2. The molecule has 0 amide bonds. The fourth-order valence-electron chi connectivity index (χ4n) is 0.341. The van der Waals surface area contributed by atoms with Crippen LogP contribution in [0.25, 0.3) is 0 Å². The Morgan fingerprint density at radius 3 is 2.50 bits per heavy atom. The first-order valence-corrected chi connectivity index (χ1v) is 2.38. The molecule has 0 saturated heterocycles. The monoisotopic (exact) mass is 118 g/mol. The van der Waals surface area contributed by atoms with E-state index in [1.165, 1.54) is 6.08 Å². The first-order chi connectivity index (χ1) is 3.85. The van der Waals surface area contributed by atoms with Crippen LogP contribution in [0.1, 0.15) is 6.42 Å². The average Bonchev–Trinajstić information content (AvgIpc) is 1.83. The summed E-state index contributed by atoms with van der Waals surface area (Å²) >= 11 is 0. The molecule has 0 aromatic carbocycles. The number of rotatable bonds is 4. The van der Waals surface area contributed by atoms with E-state index >= 15 is 0 Å². The lowest BCUT2D eigenvalue weighted by atomic mass is 10.3. The molecule has 0 heterocycles. The van der Waals surface area contributed by atoms with Gasteiger partial charge in [0.2, 0.25) is 0 Å². The lowest BCUT2D eigenvalue weighted by Gasteiger charge is -2.03. The summed E-state index contributed by atoms with van der Waals surface area (Å²) in [6, 6.07) is 0. The molecule has 0 saturated carbocycles. The Kier molecular flexibility index (Phi) is 4.54. The first kappa shape index (κ1) is 7.62. The van der Waals surface area contributed by atoms with Crippen LogP contribution < -0.4 is 0 Å². The summed E-state index contributed by atoms with van der Waals surface area (Å²) in [6.07, 6.45) is 1.39. The largest absolute Gasteiger partial charge is 0.396 e. The van der Waals surface area contributed by atoms with E-state index in [2.05, 4.69) is 11.5 Å². The predicted octanol–water partition coefficient (Wildman–Crippen LogP) is 0.413. The molecule has 2 N–H and O–H groups in total. The van der Waals surface area contributed by atoms with Gasteiger partial charge < -0.3 is 5.11 Å². The van der Waals surface area contributed by atoms with E-state index < -0.39 is 6.10 Å². The Morgan fingerprint density at radius 2 is 2.38 bits per heavy atom. The van der Waals surface area contributed by atoms with Gasteiger partial charge in [0, 0.05) is 13.0 Å². The molecule has 48 valence electrons. The van der Waals surface area contributed by atoms with Crippen molar-refractivity contribution in [1.29, 1.82) is 0 Å². The minimum Gasteiger partial charge on any atom is -0.396 e. The van der Waals surface area contributed by atoms with Crippen LogP contribution >= 0.6 is 0 Å². The summed E-state index contributed by atoms with van der Waals surface area (Å²) in [7, 11) is 0. The maximum absolute atomic E-state index is 8.26. The molecule has 0 aromatic rings. The standard InChI is InChI=1S/C5H10O3/c1-2-5(8-7)3-4-6/h2,5-7H,1,3-4H2. The normalized spacial score (nSPS) is 13.2. The molecule has 0 bridgehead atoms. The molecule has 0 aromatic heterocycles. The third-order valence-corrected chi connectivity index (χ3v) is 0.812. The van der Waals surface area contributed by atoms with Gasteiger partial charge in [-0.25, -0.2) is 4.89 Å². The van der Waals surface area contributed by atoms with Crippen molar-refractivity contribution >= 4 is 0 Å². The quantitative estimate of drug-likeness (QED) is 0.319. The molecule has 0 fully saturated rings. The van der Waals surface area contributed by atoms with Gasteiger partial charge in [-0.15, -0.1) is 6.58 Å². The molecule has 8 heavy (non-hydrogen) atoms. The van der Waals surface area contributed by atoms with Crippen LogP contribution in [0.2, 0.25) is 0 Å². The molecule has 3 heteroatoms. The van der Waals surface area contributed by atoms with Crippen molar-refractivity contribution < 1.29 is 15.3 Å². The van der Waals surface area contributed by atoms with Crippen LogP contribution in [0.5, 0.6) is 0 Å². The summed E-state index contributed by atoms with van der Waals surface area (Å²) in [6.45, 7) is 3.35. The van der Waals surface area contributed by atoms with Gasteiger partial charge in [0.15, 0.2) is 0 Å². The molecule has 0 aliphatic rings. The van der Waals surface area contributed by atoms with Crippen LogP contribution in [-0.4, -0.2) is 23.1 Å². The molecule has 1 atom stereocenters. The summed E-state index contributed by atoms with van der Waals surface area (Å²) in [5.74, 6) is 0. The van der Waals surface area contributed by atoms with Crippen LogP contribution in [0, 0.1) is 0 Å². The van der Waals surface area contributed by atoms with Gasteiger partial charge in [-0.05, 0) is 0 Å². The fraction of sp³-hybridized carbons (Fsp3) is 0.600. The van der Waals surface area contributed by atoms with Crippen LogP contribution in [0.3, 0.4) is 0 Å². The minimum absolute atomic E-state index is 0.00273. The molecule has 0 aliphatic carbocycles. The van der Waals surface area contributed by atoms with Crippen molar-refractivity contribution in [3.05, 3.63) is 12.7 Å². The van der Waals surface area contributed by atoms with E-state index in [1.54, 1.807) is 0 Å². The van der Waals surface area contributed by atoms with Crippen molar-refractivity contribution in [3.63, 3.8) is 0 Å². The zero-order valence-electron chi connectivity index (χ0n) is 4.58. The smallest absolute Gasteiger partial charge is 0.113 e. The van der Waals surface area contributed by atoms with Gasteiger partial charge in [0.1, 0.15) is 6.10 Å². The molecular formula is C5H10O3. The highest BCUT2D eigenvalue weighted by Crippen LogP contribution is 1.94. The lowest BCUT2D eigenvalue weighted by Crippen LogP contribution is -2.08. The summed E-state index contributed by atoms with van der Waals surface area (Å²) in [4.78, 5) is 3.86. The van der Waals surface area contributed by atoms with Gasteiger partial charge in [0.25, 0.3) is 0 Å². The van der Waals surface area contributed by atoms with Crippen molar-refractivity contribution in [2.24, 2.45) is 0 Å². The van der Waals surface area contributed by atoms with E-state index in [0.717, 1.165) is 0 Å². The van der Waals surface area contributed by atoms with Crippen LogP contribution in [-0.2, 0) is 4.89 Å². The zero-order chi connectivity index (χ0) is 6.41. The molecular weight excluding hydrogens is 108 g/mol. The minimum atomic E-state index is -0.431. The Labute approximate surface area is 48.1 Å². The van der Waals surface area contributed by atoms with Crippen LogP contribution in [0.15, 0.2) is 12.7 Å². The highest BCUT2D eigenvalue weighted by molar-refractivity contribution is 4.77. The van der Waals surface area contributed by atoms with E-state index in [0.29, 0.717) is 6.42 Å². The lowest BCUT2D eigenvalue weighted by molar-refractivity contribution is -0.267. The Hall–Kier alpha value is -0.380. The Bertz CT molecular complexity index is 62.7. The van der Waals surface area contributed by atoms with Crippen molar-refractivity contribution in [2.45, 2.75) is 12.5 Å². The first-order valence-electron chi connectivity index (χ1n) is 2.38. The molecule has 0 aliphatic heterocycles. The maximum atomic E-state index is 8.26. The highest BCUT2D eigenvalue weighted by atomic mass is 17.1. The summed E-state index contributed by atoms with van der Waals surface area (Å²) in [5, 5.41) is 16.2. The summed E-state index contributed by atoms with van der Waals surface area (Å²) < 4.78 is 0. The van der Waals surface area contributed by atoms with E-state index in [9.17, 15) is 0 Å². The predicted molar refractivity (Wildman–Crippen MR) is 29.4 cm³/mol. The number of aliphatic hydroxyl groups excluding tert-OH is 1. The molecule has 0 radical (unpaired) electrons. The molecule has 0 rings (SSSR count). The zero-order valence-corrected chi connectivity index (χ0v) is 4.58. The molecule has 0 spiro atoms. The van der Waals surface area contributed by atoms with E-state index in [4.69, 9.17) is 10.4 Å². The van der Waals surface area contributed by atoms with Crippen molar-refractivity contribution in [2.75, 3.05) is 6.61 Å². The van der Waals surface area contributed by atoms with Gasteiger partial charge in [-0.3, -0.25) is 5.26 Å². The fourth-order valence-corrected chi connectivity index (χ4v) is 0.341. The Balaban J connectivity index is 3.21. The molecule has 1 unspecified atom stereocenters. The van der Waals surface area contributed by atoms with Gasteiger partial charge in [-0.1, -0.05) is 6.08 Å². The summed E-state index contributed by atoms with van der Waals surface area (Å²) in [5.41, 5.74) is 0. The van der Waals surface area contributed by atoms with Gasteiger partial charge in [0.05, 0.1) is 0 Å². The molecule has 3 nitrogen and oxygen atoms in total. The van der Waals surface area contributed by atoms with Gasteiger partial charge in [-0.2, -0.15) is 0 Å². The van der Waals surface area contributed by atoms with Crippen molar-refractivity contribution in [3.8, 4) is 0 Å². The number of hydrogen-bond acceptors (Lipinski definition) is 3.